The van der Waals surface area contributed by atoms with Gasteiger partial charge in [-0.15, -0.1) is 0 Å². The van der Waals surface area contributed by atoms with Crippen molar-refractivity contribution in [3.8, 4) is 44.5 Å². The van der Waals surface area contributed by atoms with E-state index in [1.54, 1.807) is 5.56 Å². The summed E-state index contributed by atoms with van der Waals surface area (Å²) in [6.45, 7) is 14.1. The molecule has 64 heavy (non-hydrogen) atoms. The molecule has 316 valence electrons. The Balaban J connectivity index is 1.13. The minimum absolute atomic E-state index is 0.0178. The summed E-state index contributed by atoms with van der Waals surface area (Å²) in [7, 11) is 0. The van der Waals surface area contributed by atoms with Crippen molar-refractivity contribution in [1.29, 1.82) is 0 Å². The van der Waals surface area contributed by atoms with Gasteiger partial charge in [0.2, 0.25) is 0 Å². The van der Waals surface area contributed by atoms with E-state index < -0.39 is 0 Å². The monoisotopic (exact) mass is 829 g/mol. The van der Waals surface area contributed by atoms with Crippen molar-refractivity contribution >= 4 is 27.8 Å². The lowest BCUT2D eigenvalue weighted by Gasteiger charge is -2.91. The molecule has 0 amide bonds. The molecule has 4 saturated carbocycles. The van der Waals surface area contributed by atoms with E-state index in [1.807, 2.05) is 0 Å². The van der Waals surface area contributed by atoms with Gasteiger partial charge >= 0.3 is 0 Å². The normalized spacial score (nSPS) is 22.9. The van der Waals surface area contributed by atoms with Gasteiger partial charge in [-0.3, -0.25) is 0 Å². The second-order valence-corrected chi connectivity index (χ2v) is 21.8. The van der Waals surface area contributed by atoms with Crippen LogP contribution in [0.2, 0.25) is 0 Å². The Hall–Kier alpha value is -6.18. The highest BCUT2D eigenvalue weighted by Gasteiger charge is 2.87. The molecule has 2 atom stereocenters. The largest absolute Gasteiger partial charge is 0.309 e. The van der Waals surface area contributed by atoms with E-state index in [4.69, 9.17) is 0 Å². The predicted octanol–water partition coefficient (Wildman–Crippen LogP) is 17.3. The maximum atomic E-state index is 2.60. The van der Waals surface area contributed by atoms with Crippen molar-refractivity contribution < 1.29 is 0 Å². The SMILES string of the molecule is CC(C)(C)c1cc(-c2ccccc2N(c2ccc(-c3ccccc3)cc2-c2ccccc2)c2ccccc2-c2cccc3cccc(C45CC6CC7CC(C4)C765)c23)cc(C(C)(C)C)c1. The molecule has 1 heteroatoms. The van der Waals surface area contributed by atoms with Crippen LogP contribution in [0.1, 0.15) is 83.9 Å². The van der Waals surface area contributed by atoms with Crippen molar-refractivity contribution in [1.82, 2.24) is 0 Å². The topological polar surface area (TPSA) is 3.24 Å². The summed E-state index contributed by atoms with van der Waals surface area (Å²) in [5, 5.41) is 2.82. The van der Waals surface area contributed by atoms with Gasteiger partial charge in [-0.1, -0.05) is 199 Å². The lowest BCUT2D eigenvalue weighted by Crippen LogP contribution is -2.87. The highest BCUT2D eigenvalue weighted by Crippen LogP contribution is 2.93. The molecule has 0 radical (unpaired) electrons. The number of nitrogens with zero attached hydrogens (tertiary/aromatic N) is 1. The Morgan fingerprint density at radius 3 is 1.55 bits per heavy atom. The number of anilines is 3. The first kappa shape index (κ1) is 39.4. The van der Waals surface area contributed by atoms with Crippen LogP contribution in [0.3, 0.4) is 0 Å². The van der Waals surface area contributed by atoms with Crippen LogP contribution < -0.4 is 4.90 Å². The molecule has 8 aromatic carbocycles. The Kier molecular flexibility index (Phi) is 8.72. The summed E-state index contributed by atoms with van der Waals surface area (Å²) in [5.41, 5.74) is 18.6. The van der Waals surface area contributed by atoms with E-state index in [-0.39, 0.29) is 10.8 Å². The zero-order valence-electron chi connectivity index (χ0n) is 38.3. The highest BCUT2D eigenvalue weighted by molar-refractivity contribution is 6.06. The summed E-state index contributed by atoms with van der Waals surface area (Å²) < 4.78 is 0. The maximum absolute atomic E-state index is 2.60. The molecular formula is C63H59N. The number of rotatable bonds is 8. The number of benzene rings is 8. The molecule has 12 rings (SSSR count). The minimum Gasteiger partial charge on any atom is -0.309 e. The standard InChI is InChI=1S/C63H59N/c1-60(2,3)46-33-45(34-47(36-46)61(4,5)6)51-25-13-15-29-56(51)64(58-32-31-44(41-19-9-7-10-20-41)35-54(58)42-21-11-8-12-22-42)57-30-16-14-26-52(57)53-27-17-23-43-24-18-28-55(59(43)53)62-39-49-37-48-38-50(40-62)63(48,49)62/h7-36,48-50H,37-40H2,1-6H3. The lowest BCUT2D eigenvalue weighted by atomic mass is 9.12. The zero-order valence-corrected chi connectivity index (χ0v) is 38.3. The molecule has 8 aromatic rings. The van der Waals surface area contributed by atoms with Gasteiger partial charge in [0, 0.05) is 22.1 Å². The van der Waals surface area contributed by atoms with E-state index in [9.17, 15) is 0 Å². The van der Waals surface area contributed by atoms with Gasteiger partial charge in [-0.05, 0) is 139 Å². The van der Waals surface area contributed by atoms with Gasteiger partial charge < -0.3 is 4.90 Å². The highest BCUT2D eigenvalue weighted by atomic mass is 15.1. The molecular weight excluding hydrogens is 771 g/mol. The average molecular weight is 830 g/mol. The Morgan fingerprint density at radius 1 is 0.406 bits per heavy atom. The van der Waals surface area contributed by atoms with Crippen LogP contribution in [-0.4, -0.2) is 0 Å². The van der Waals surface area contributed by atoms with Crippen molar-refractivity contribution in [2.45, 2.75) is 83.5 Å². The average Bonchev–Trinajstić information content (AvgIpc) is 3.28. The van der Waals surface area contributed by atoms with Crippen LogP contribution in [0.4, 0.5) is 17.1 Å². The van der Waals surface area contributed by atoms with E-state index in [0.717, 1.165) is 23.4 Å². The zero-order chi connectivity index (χ0) is 43.6. The molecule has 1 nitrogen and oxygen atoms in total. The molecule has 4 aliphatic rings. The van der Waals surface area contributed by atoms with Crippen LogP contribution in [0.15, 0.2) is 182 Å². The molecule has 4 aliphatic carbocycles. The van der Waals surface area contributed by atoms with Crippen LogP contribution in [-0.2, 0) is 16.2 Å². The maximum Gasteiger partial charge on any atom is 0.0540 e. The van der Waals surface area contributed by atoms with Gasteiger partial charge in [-0.25, -0.2) is 0 Å². The van der Waals surface area contributed by atoms with Crippen LogP contribution >= 0.6 is 0 Å². The summed E-state index contributed by atoms with van der Waals surface area (Å²) in [5.74, 6) is 2.83. The molecule has 1 spiro atoms. The summed E-state index contributed by atoms with van der Waals surface area (Å²) in [4.78, 5) is 2.60. The second-order valence-electron chi connectivity index (χ2n) is 21.8. The van der Waals surface area contributed by atoms with E-state index >= 15 is 0 Å². The minimum atomic E-state index is -0.0178. The predicted molar refractivity (Wildman–Crippen MR) is 271 cm³/mol. The third-order valence-corrected chi connectivity index (χ3v) is 16.6. The quantitative estimate of drug-likeness (QED) is 0.147. The van der Waals surface area contributed by atoms with Crippen LogP contribution in [0.5, 0.6) is 0 Å². The molecule has 0 heterocycles. The first-order chi connectivity index (χ1) is 31.0. The molecule has 0 aromatic heterocycles. The van der Waals surface area contributed by atoms with E-state index in [0.29, 0.717) is 10.8 Å². The van der Waals surface area contributed by atoms with E-state index in [1.165, 1.54) is 103 Å². The molecule has 2 unspecified atom stereocenters. The fraction of sp³-hybridized carbons (Fsp3) is 0.270. The Morgan fingerprint density at radius 2 is 0.938 bits per heavy atom. The van der Waals surface area contributed by atoms with Gasteiger partial charge in [-0.2, -0.15) is 0 Å². The third-order valence-electron chi connectivity index (χ3n) is 16.6. The fourth-order valence-electron chi connectivity index (χ4n) is 13.6. The molecule has 0 N–H and O–H groups in total. The Labute approximate surface area is 380 Å². The number of para-hydroxylation sites is 2. The smallest absolute Gasteiger partial charge is 0.0540 e. The molecule has 0 saturated heterocycles. The van der Waals surface area contributed by atoms with Crippen LogP contribution in [0, 0.1) is 23.2 Å². The second kappa shape index (κ2) is 14.2. The van der Waals surface area contributed by atoms with Crippen molar-refractivity contribution in [2.75, 3.05) is 4.90 Å². The van der Waals surface area contributed by atoms with Gasteiger partial charge in [0.05, 0.1) is 17.1 Å². The third kappa shape index (κ3) is 5.68. The lowest BCUT2D eigenvalue weighted by molar-refractivity contribution is -0.394. The van der Waals surface area contributed by atoms with Crippen LogP contribution in [0.25, 0.3) is 55.3 Å². The fourth-order valence-corrected chi connectivity index (χ4v) is 13.6. The summed E-state index contributed by atoms with van der Waals surface area (Å²) in [6.07, 6.45) is 5.67. The number of fused-ring (bicyclic) bond motifs is 1. The number of hydrogen-bond acceptors (Lipinski definition) is 1. The van der Waals surface area contributed by atoms with Crippen molar-refractivity contribution in [2.24, 2.45) is 23.2 Å². The van der Waals surface area contributed by atoms with Gasteiger partial charge in [0.15, 0.2) is 0 Å². The molecule has 0 aliphatic heterocycles. The van der Waals surface area contributed by atoms with Gasteiger partial charge in [0.25, 0.3) is 0 Å². The summed E-state index contributed by atoms with van der Waals surface area (Å²) in [6, 6.07) is 69.1. The first-order valence-corrected chi connectivity index (χ1v) is 23.9. The number of hydrogen-bond donors (Lipinski definition) is 0. The van der Waals surface area contributed by atoms with Gasteiger partial charge in [0.1, 0.15) is 0 Å². The summed E-state index contributed by atoms with van der Waals surface area (Å²) >= 11 is 0. The molecule has 4 fully saturated rings. The van der Waals surface area contributed by atoms with Crippen molar-refractivity contribution in [3.63, 3.8) is 0 Å². The van der Waals surface area contributed by atoms with Crippen molar-refractivity contribution in [3.05, 3.63) is 199 Å². The van der Waals surface area contributed by atoms with E-state index in [2.05, 4.69) is 228 Å². The molecule has 0 bridgehead atoms. The first-order valence-electron chi connectivity index (χ1n) is 23.9. The Bertz CT molecular complexity index is 3040.